The lowest BCUT2D eigenvalue weighted by molar-refractivity contribution is 0.102. The summed E-state index contributed by atoms with van der Waals surface area (Å²) in [5.74, 6) is -0.225. The summed E-state index contributed by atoms with van der Waals surface area (Å²) in [4.78, 5) is 20.3. The Hall–Kier alpha value is -2.19. The Kier molecular flexibility index (Phi) is 6.05. The number of para-hydroxylation sites is 2. The number of nitrogen functional groups attached to an aromatic ring is 1. The second-order valence-electron chi connectivity index (χ2n) is 6.19. The highest BCUT2D eigenvalue weighted by molar-refractivity contribution is 7.80. The molecule has 26 heavy (non-hydrogen) atoms. The minimum atomic E-state index is -0.225. The van der Waals surface area contributed by atoms with Crippen LogP contribution in [-0.4, -0.2) is 34.0 Å². The van der Waals surface area contributed by atoms with Crippen molar-refractivity contribution >= 4 is 45.9 Å². The Bertz CT molecular complexity index is 805. The van der Waals surface area contributed by atoms with E-state index in [0.29, 0.717) is 22.9 Å². The second-order valence-corrected chi connectivity index (χ2v) is 7.66. The first kappa shape index (κ1) is 18.6. The SMILES string of the molecule is CCCCNC(=S)N1CCc2nc(C(=O)Nc3ccccc3N)sc2C1. The van der Waals surface area contributed by atoms with Gasteiger partial charge in [-0.25, -0.2) is 4.98 Å². The van der Waals surface area contributed by atoms with Crippen molar-refractivity contribution in [2.75, 3.05) is 24.1 Å². The quantitative estimate of drug-likeness (QED) is 0.414. The zero-order valence-corrected chi connectivity index (χ0v) is 16.4. The summed E-state index contributed by atoms with van der Waals surface area (Å²) in [5, 5.41) is 7.38. The Morgan fingerprint density at radius 3 is 3.00 bits per heavy atom. The molecule has 3 rings (SSSR count). The lowest BCUT2D eigenvalue weighted by Gasteiger charge is -2.28. The number of unbranched alkanes of at least 4 members (excludes halogenated alkanes) is 1. The molecule has 6 nitrogen and oxygen atoms in total. The number of fused-ring (bicyclic) bond motifs is 1. The molecule has 0 radical (unpaired) electrons. The molecule has 0 fully saturated rings. The number of carbonyl (C=O) groups excluding carboxylic acids is 1. The summed E-state index contributed by atoms with van der Waals surface area (Å²) < 4.78 is 0. The van der Waals surface area contributed by atoms with E-state index in [0.717, 1.165) is 48.0 Å². The maximum Gasteiger partial charge on any atom is 0.284 e. The number of nitrogens with one attached hydrogen (secondary N) is 2. The monoisotopic (exact) mass is 389 g/mol. The minimum absolute atomic E-state index is 0.225. The van der Waals surface area contributed by atoms with Crippen molar-refractivity contribution < 1.29 is 4.79 Å². The normalized spacial score (nSPS) is 13.2. The van der Waals surface area contributed by atoms with E-state index in [1.807, 2.05) is 12.1 Å². The first-order valence-corrected chi connectivity index (χ1v) is 9.98. The number of nitrogens with two attached hydrogens (primary N) is 1. The average molecular weight is 390 g/mol. The molecule has 0 atom stereocenters. The van der Waals surface area contributed by atoms with Crippen LogP contribution in [0.1, 0.15) is 40.1 Å². The molecular formula is C18H23N5OS2. The summed E-state index contributed by atoms with van der Waals surface area (Å²) in [5.41, 5.74) is 8.02. The van der Waals surface area contributed by atoms with Gasteiger partial charge in [-0.1, -0.05) is 25.5 Å². The van der Waals surface area contributed by atoms with Gasteiger partial charge in [0.1, 0.15) is 0 Å². The third kappa shape index (κ3) is 4.31. The number of nitrogens with zero attached hydrogens (tertiary/aromatic N) is 2. The van der Waals surface area contributed by atoms with Gasteiger partial charge in [-0.05, 0) is 30.8 Å². The largest absolute Gasteiger partial charge is 0.397 e. The van der Waals surface area contributed by atoms with Crippen LogP contribution in [0.25, 0.3) is 0 Å². The van der Waals surface area contributed by atoms with E-state index < -0.39 is 0 Å². The van der Waals surface area contributed by atoms with Crippen molar-refractivity contribution in [2.24, 2.45) is 0 Å². The molecule has 2 aromatic rings. The van der Waals surface area contributed by atoms with Crippen LogP contribution >= 0.6 is 23.6 Å². The van der Waals surface area contributed by atoms with Gasteiger partial charge in [-0.2, -0.15) is 0 Å². The Morgan fingerprint density at radius 1 is 1.42 bits per heavy atom. The number of rotatable bonds is 5. The molecule has 1 aromatic heterocycles. The maximum absolute atomic E-state index is 12.5. The number of benzene rings is 1. The number of hydrogen-bond donors (Lipinski definition) is 3. The lowest BCUT2D eigenvalue weighted by atomic mass is 10.2. The van der Waals surface area contributed by atoms with E-state index in [-0.39, 0.29) is 5.91 Å². The summed E-state index contributed by atoms with van der Waals surface area (Å²) in [6.07, 6.45) is 3.04. The maximum atomic E-state index is 12.5. The van der Waals surface area contributed by atoms with Gasteiger partial charge in [0.05, 0.1) is 23.6 Å². The second kappa shape index (κ2) is 8.46. The van der Waals surface area contributed by atoms with E-state index in [9.17, 15) is 4.79 Å². The first-order chi connectivity index (χ1) is 12.6. The van der Waals surface area contributed by atoms with Crippen molar-refractivity contribution in [3.8, 4) is 0 Å². The fourth-order valence-electron chi connectivity index (χ4n) is 2.74. The number of thiazole rings is 1. The average Bonchev–Trinajstić information content (AvgIpc) is 3.07. The fourth-order valence-corrected chi connectivity index (χ4v) is 4.01. The van der Waals surface area contributed by atoms with Crippen LogP contribution in [0.4, 0.5) is 11.4 Å². The third-order valence-electron chi connectivity index (χ3n) is 4.23. The van der Waals surface area contributed by atoms with Crippen molar-refractivity contribution in [1.29, 1.82) is 0 Å². The Labute approximate surface area is 162 Å². The predicted octanol–water partition coefficient (Wildman–Crippen LogP) is 3.01. The molecule has 0 saturated heterocycles. The van der Waals surface area contributed by atoms with Crippen LogP contribution < -0.4 is 16.4 Å². The molecule has 2 heterocycles. The zero-order chi connectivity index (χ0) is 18.5. The molecule has 0 bridgehead atoms. The highest BCUT2D eigenvalue weighted by atomic mass is 32.1. The predicted molar refractivity (Wildman–Crippen MR) is 111 cm³/mol. The van der Waals surface area contributed by atoms with Gasteiger partial charge in [-0.15, -0.1) is 11.3 Å². The molecule has 8 heteroatoms. The van der Waals surface area contributed by atoms with Crippen LogP contribution in [0.5, 0.6) is 0 Å². The van der Waals surface area contributed by atoms with E-state index in [2.05, 4.69) is 27.4 Å². The van der Waals surface area contributed by atoms with Crippen molar-refractivity contribution in [3.63, 3.8) is 0 Å². The molecular weight excluding hydrogens is 366 g/mol. The van der Waals surface area contributed by atoms with Gasteiger partial charge in [0.2, 0.25) is 0 Å². The molecule has 1 amide bonds. The van der Waals surface area contributed by atoms with Crippen LogP contribution in [0, 0.1) is 0 Å². The third-order valence-corrected chi connectivity index (χ3v) is 5.71. The van der Waals surface area contributed by atoms with Gasteiger partial charge in [0.15, 0.2) is 10.1 Å². The number of carbonyl (C=O) groups is 1. The number of amides is 1. The molecule has 0 spiro atoms. The highest BCUT2D eigenvalue weighted by Crippen LogP contribution is 2.26. The molecule has 1 aliphatic heterocycles. The standard InChI is InChI=1S/C18H23N5OS2/c1-2-3-9-20-18(25)23-10-8-14-15(11-23)26-17(22-14)16(24)21-13-7-5-4-6-12(13)19/h4-7H,2-3,8-11,19H2,1H3,(H,20,25)(H,21,24). The smallest absolute Gasteiger partial charge is 0.284 e. The van der Waals surface area contributed by atoms with Gasteiger partial charge in [-0.3, -0.25) is 4.79 Å². The van der Waals surface area contributed by atoms with E-state index in [1.54, 1.807) is 12.1 Å². The van der Waals surface area contributed by atoms with E-state index >= 15 is 0 Å². The zero-order valence-electron chi connectivity index (χ0n) is 14.7. The molecule has 4 N–H and O–H groups in total. The van der Waals surface area contributed by atoms with Crippen molar-refractivity contribution in [2.45, 2.75) is 32.7 Å². The first-order valence-electron chi connectivity index (χ1n) is 8.75. The fraction of sp³-hybridized carbons (Fsp3) is 0.389. The number of hydrogen-bond acceptors (Lipinski definition) is 5. The molecule has 1 aliphatic rings. The summed E-state index contributed by atoms with van der Waals surface area (Å²) >= 11 is 6.91. The summed E-state index contributed by atoms with van der Waals surface area (Å²) in [6.45, 7) is 4.57. The van der Waals surface area contributed by atoms with E-state index in [1.165, 1.54) is 11.3 Å². The summed E-state index contributed by atoms with van der Waals surface area (Å²) in [7, 11) is 0. The Balaban J connectivity index is 1.64. The van der Waals surface area contributed by atoms with Crippen molar-refractivity contribution in [1.82, 2.24) is 15.2 Å². The van der Waals surface area contributed by atoms with Gasteiger partial charge in [0, 0.05) is 24.4 Å². The van der Waals surface area contributed by atoms with Gasteiger partial charge < -0.3 is 21.3 Å². The van der Waals surface area contributed by atoms with Crippen LogP contribution in [0.2, 0.25) is 0 Å². The van der Waals surface area contributed by atoms with Crippen LogP contribution in [0.15, 0.2) is 24.3 Å². The van der Waals surface area contributed by atoms with Crippen LogP contribution in [-0.2, 0) is 13.0 Å². The summed E-state index contributed by atoms with van der Waals surface area (Å²) in [6, 6.07) is 7.21. The van der Waals surface area contributed by atoms with E-state index in [4.69, 9.17) is 18.0 Å². The number of aromatic nitrogens is 1. The van der Waals surface area contributed by atoms with Gasteiger partial charge >= 0.3 is 0 Å². The molecule has 138 valence electrons. The highest BCUT2D eigenvalue weighted by Gasteiger charge is 2.24. The Morgan fingerprint density at radius 2 is 2.23 bits per heavy atom. The lowest BCUT2D eigenvalue weighted by Crippen LogP contribution is -2.42. The topological polar surface area (TPSA) is 83.3 Å². The van der Waals surface area contributed by atoms with Gasteiger partial charge in [0.25, 0.3) is 5.91 Å². The minimum Gasteiger partial charge on any atom is -0.397 e. The molecule has 0 unspecified atom stereocenters. The molecule has 0 saturated carbocycles. The molecule has 0 aliphatic carbocycles. The van der Waals surface area contributed by atoms with Crippen LogP contribution in [0.3, 0.4) is 0 Å². The molecule has 1 aromatic carbocycles. The van der Waals surface area contributed by atoms with Crippen molar-refractivity contribution in [3.05, 3.63) is 39.8 Å². The number of thiocarbonyl (C=S) groups is 1. The number of anilines is 2.